The van der Waals surface area contributed by atoms with Gasteiger partial charge < -0.3 is 9.67 Å². The standard InChI is InChI=1S/C20H15N7O2S/c1-12-21-6-8-26(12)15-4-2-3-14(10-15)23-17-5-7-27-18(24-17)13(11-22-27)9-16-19(28)25-20(29)30-16/h2-11,28H,1H3,(H,25,29)/b13-9-,23-17?. The van der Waals surface area contributed by atoms with E-state index in [2.05, 4.69) is 25.0 Å². The molecule has 0 aliphatic heterocycles. The first kappa shape index (κ1) is 18.0. The molecular weight excluding hydrogens is 402 g/mol. The molecule has 0 aliphatic carbocycles. The number of hydrogen-bond acceptors (Lipinski definition) is 7. The van der Waals surface area contributed by atoms with E-state index < -0.39 is 0 Å². The lowest BCUT2D eigenvalue weighted by atomic mass is 10.3. The van der Waals surface area contributed by atoms with Crippen molar-refractivity contribution in [2.45, 2.75) is 6.92 Å². The van der Waals surface area contributed by atoms with E-state index in [1.807, 2.05) is 42.0 Å². The van der Waals surface area contributed by atoms with E-state index >= 15 is 0 Å². The molecule has 0 radical (unpaired) electrons. The summed E-state index contributed by atoms with van der Waals surface area (Å²) in [5.41, 5.74) is 2.80. The first-order chi connectivity index (χ1) is 14.6. The molecule has 0 saturated carbocycles. The molecule has 9 nitrogen and oxygen atoms in total. The molecule has 0 amide bonds. The molecular formula is C20H15N7O2S. The van der Waals surface area contributed by atoms with Gasteiger partial charge in [-0.05, 0) is 31.2 Å². The molecule has 4 heterocycles. The number of nitrogens with zero attached hydrogens (tertiary/aromatic N) is 6. The molecule has 0 bridgehead atoms. The van der Waals surface area contributed by atoms with Gasteiger partial charge in [-0.25, -0.2) is 19.5 Å². The van der Waals surface area contributed by atoms with Crippen molar-refractivity contribution >= 4 is 28.7 Å². The Labute approximate surface area is 173 Å². The van der Waals surface area contributed by atoms with E-state index in [1.54, 1.807) is 35.2 Å². The van der Waals surface area contributed by atoms with Gasteiger partial charge in [-0.3, -0.25) is 9.78 Å². The van der Waals surface area contributed by atoms with Crippen LogP contribution in [0.25, 0.3) is 17.4 Å². The summed E-state index contributed by atoms with van der Waals surface area (Å²) in [7, 11) is 0. The van der Waals surface area contributed by atoms with Crippen LogP contribution >= 0.6 is 11.3 Å². The van der Waals surface area contributed by atoms with E-state index in [4.69, 9.17) is 0 Å². The summed E-state index contributed by atoms with van der Waals surface area (Å²) in [5, 5.41) is 14.8. The van der Waals surface area contributed by atoms with Crippen LogP contribution < -0.4 is 15.6 Å². The molecule has 0 unspecified atom stereocenters. The number of rotatable bonds is 3. The third-order valence-corrected chi connectivity index (χ3v) is 5.32. The predicted molar refractivity (Wildman–Crippen MR) is 112 cm³/mol. The first-order valence-corrected chi connectivity index (χ1v) is 9.82. The van der Waals surface area contributed by atoms with Gasteiger partial charge in [-0.15, -0.1) is 0 Å². The smallest absolute Gasteiger partial charge is 0.307 e. The molecule has 0 atom stereocenters. The minimum atomic E-state index is -0.327. The van der Waals surface area contributed by atoms with Crippen LogP contribution in [0.2, 0.25) is 0 Å². The maximum absolute atomic E-state index is 11.4. The van der Waals surface area contributed by atoms with Gasteiger partial charge in [0.25, 0.3) is 0 Å². The number of benzene rings is 1. The highest BCUT2D eigenvalue weighted by Gasteiger charge is 2.06. The quantitative estimate of drug-likeness (QED) is 0.461. The summed E-state index contributed by atoms with van der Waals surface area (Å²) in [6, 6.07) is 9.55. The van der Waals surface area contributed by atoms with Crippen LogP contribution in [-0.4, -0.2) is 34.2 Å². The van der Waals surface area contributed by atoms with Gasteiger partial charge in [-0.1, -0.05) is 17.4 Å². The van der Waals surface area contributed by atoms with Crippen LogP contribution in [-0.2, 0) is 0 Å². The molecule has 2 N–H and O–H groups in total. The van der Waals surface area contributed by atoms with Gasteiger partial charge in [0.15, 0.2) is 11.1 Å². The molecule has 0 aliphatic rings. The molecule has 5 rings (SSSR count). The second kappa shape index (κ2) is 7.08. The summed E-state index contributed by atoms with van der Waals surface area (Å²) < 4.78 is 3.59. The van der Waals surface area contributed by atoms with Crippen LogP contribution in [0.15, 0.2) is 64.9 Å². The number of fused-ring (bicyclic) bond motifs is 1. The van der Waals surface area contributed by atoms with E-state index in [0.29, 0.717) is 21.2 Å². The molecule has 148 valence electrons. The molecule has 4 aromatic heterocycles. The zero-order valence-corrected chi connectivity index (χ0v) is 16.5. The molecule has 5 aromatic rings. The predicted octanol–water partition coefficient (Wildman–Crippen LogP) is 1.46. The normalized spacial score (nSPS) is 12.8. The van der Waals surface area contributed by atoms with Crippen molar-refractivity contribution in [3.63, 3.8) is 0 Å². The molecule has 0 saturated heterocycles. The SMILES string of the molecule is Cc1nccn1-c1cccc(N=c2ccn3nc/c(=C/c4sc(=O)[nH]c4O)c3n2)c1. The number of aryl methyl sites for hydroxylation is 1. The maximum Gasteiger partial charge on any atom is 0.307 e. The third-order valence-electron chi connectivity index (χ3n) is 4.50. The van der Waals surface area contributed by atoms with Gasteiger partial charge in [0.2, 0.25) is 5.88 Å². The lowest BCUT2D eigenvalue weighted by molar-refractivity contribution is 0.455. The van der Waals surface area contributed by atoms with Gasteiger partial charge in [-0.2, -0.15) is 5.10 Å². The maximum atomic E-state index is 11.4. The average Bonchev–Trinajstić information content (AvgIpc) is 3.42. The first-order valence-electron chi connectivity index (χ1n) is 9.00. The number of aromatic hydroxyl groups is 1. The van der Waals surface area contributed by atoms with Crippen molar-refractivity contribution in [1.82, 2.24) is 29.1 Å². The van der Waals surface area contributed by atoms with Gasteiger partial charge in [0.05, 0.1) is 16.8 Å². The van der Waals surface area contributed by atoms with Crippen molar-refractivity contribution in [3.8, 4) is 11.6 Å². The Morgan fingerprint density at radius 2 is 2.17 bits per heavy atom. The fraction of sp³-hybridized carbons (Fsp3) is 0.0500. The second-order valence-electron chi connectivity index (χ2n) is 6.50. The van der Waals surface area contributed by atoms with Crippen LogP contribution in [0.3, 0.4) is 0 Å². The Hall–Kier alpha value is -4.05. The van der Waals surface area contributed by atoms with Crippen molar-refractivity contribution in [3.05, 3.63) is 86.2 Å². The number of aromatic amines is 1. The second-order valence-corrected chi connectivity index (χ2v) is 7.52. The van der Waals surface area contributed by atoms with Crippen molar-refractivity contribution < 1.29 is 5.11 Å². The Kier molecular flexibility index (Phi) is 4.25. The highest BCUT2D eigenvalue weighted by Crippen LogP contribution is 2.18. The lowest BCUT2D eigenvalue weighted by Gasteiger charge is -2.05. The van der Waals surface area contributed by atoms with Gasteiger partial charge >= 0.3 is 4.87 Å². The molecule has 0 fully saturated rings. The number of nitrogens with one attached hydrogen (secondary N) is 1. The summed E-state index contributed by atoms with van der Waals surface area (Å²) >= 11 is 0.917. The van der Waals surface area contributed by atoms with Crippen LogP contribution in [0.4, 0.5) is 5.69 Å². The van der Waals surface area contributed by atoms with E-state index in [0.717, 1.165) is 28.5 Å². The number of thiazole rings is 1. The Morgan fingerprint density at radius 1 is 1.27 bits per heavy atom. The van der Waals surface area contributed by atoms with Crippen molar-refractivity contribution in [1.29, 1.82) is 0 Å². The van der Waals surface area contributed by atoms with E-state index in [-0.39, 0.29) is 10.8 Å². The number of aromatic nitrogens is 6. The number of hydrogen-bond donors (Lipinski definition) is 2. The van der Waals surface area contributed by atoms with E-state index in [1.165, 1.54) is 0 Å². The topological polar surface area (TPSA) is 113 Å². The lowest BCUT2D eigenvalue weighted by Crippen LogP contribution is -2.12. The monoisotopic (exact) mass is 417 g/mol. The average molecular weight is 417 g/mol. The molecule has 30 heavy (non-hydrogen) atoms. The Bertz CT molecular complexity index is 1560. The summed E-state index contributed by atoms with van der Waals surface area (Å²) in [6.45, 7) is 1.94. The summed E-state index contributed by atoms with van der Waals surface area (Å²) in [5.74, 6) is 0.721. The number of H-pyrrole nitrogens is 1. The third kappa shape index (κ3) is 3.29. The van der Waals surface area contributed by atoms with E-state index in [9.17, 15) is 9.90 Å². The molecule has 1 aromatic carbocycles. The number of imidazole rings is 1. The van der Waals surface area contributed by atoms with Crippen molar-refractivity contribution in [2.75, 3.05) is 0 Å². The minimum absolute atomic E-state index is 0.170. The van der Waals surface area contributed by atoms with Crippen LogP contribution in [0, 0.1) is 6.92 Å². The van der Waals surface area contributed by atoms with Gasteiger partial charge in [0.1, 0.15) is 5.82 Å². The summed E-state index contributed by atoms with van der Waals surface area (Å²) in [4.78, 5) is 27.3. The minimum Gasteiger partial charge on any atom is -0.493 e. The van der Waals surface area contributed by atoms with Crippen LogP contribution in [0.1, 0.15) is 10.7 Å². The molecule has 10 heteroatoms. The largest absolute Gasteiger partial charge is 0.493 e. The van der Waals surface area contributed by atoms with Crippen LogP contribution in [0.5, 0.6) is 5.88 Å². The van der Waals surface area contributed by atoms with Gasteiger partial charge in [0, 0.05) is 35.6 Å². The molecule has 0 spiro atoms. The summed E-state index contributed by atoms with van der Waals surface area (Å²) in [6.07, 6.45) is 8.71. The van der Waals surface area contributed by atoms with Crippen molar-refractivity contribution in [2.24, 2.45) is 4.99 Å². The Balaban J connectivity index is 1.61. The fourth-order valence-electron chi connectivity index (χ4n) is 3.11. The zero-order chi connectivity index (χ0) is 20.7. The highest BCUT2D eigenvalue weighted by atomic mass is 32.1. The Morgan fingerprint density at radius 3 is 2.93 bits per heavy atom. The highest BCUT2D eigenvalue weighted by molar-refractivity contribution is 7.10. The fourth-order valence-corrected chi connectivity index (χ4v) is 3.79. The zero-order valence-electron chi connectivity index (χ0n) is 15.7.